The van der Waals surface area contributed by atoms with Crippen molar-refractivity contribution in [1.82, 2.24) is 0 Å². The molecule has 2 aromatic rings. The quantitative estimate of drug-likeness (QED) is 0.782. The molecule has 0 aliphatic carbocycles. The molecule has 0 amide bonds. The molecule has 0 fully saturated rings. The number of rotatable bonds is 4. The van der Waals surface area contributed by atoms with Crippen molar-refractivity contribution in [1.29, 1.82) is 0 Å². The zero-order valence-corrected chi connectivity index (χ0v) is 11.3. The zero-order valence-electron chi connectivity index (χ0n) is 11.3. The van der Waals surface area contributed by atoms with Crippen LogP contribution in [-0.2, 0) is 22.4 Å². The summed E-state index contributed by atoms with van der Waals surface area (Å²) in [5.41, 5.74) is 4.81. The highest BCUT2D eigenvalue weighted by atomic mass is 16.5. The predicted octanol–water partition coefficient (Wildman–Crippen LogP) is 3.30. The van der Waals surface area contributed by atoms with Crippen LogP contribution in [0.3, 0.4) is 0 Å². The molecule has 0 saturated heterocycles. The summed E-state index contributed by atoms with van der Waals surface area (Å²) >= 11 is 0. The molecule has 19 heavy (non-hydrogen) atoms. The maximum atomic E-state index is 11.2. The number of carbonyl (C=O) groups excluding carboxylic acids is 1. The van der Waals surface area contributed by atoms with Crippen molar-refractivity contribution in [2.75, 3.05) is 7.11 Å². The first kappa shape index (κ1) is 13.3. The number of benzene rings is 2. The summed E-state index contributed by atoms with van der Waals surface area (Å²) in [7, 11) is 1.41. The number of esters is 1. The van der Waals surface area contributed by atoms with Gasteiger partial charge in [0.15, 0.2) is 0 Å². The van der Waals surface area contributed by atoms with Crippen molar-refractivity contribution in [3.05, 3.63) is 70.8 Å². The number of hydrogen-bond donors (Lipinski definition) is 0. The van der Waals surface area contributed by atoms with Crippen LogP contribution in [0.4, 0.5) is 0 Å². The molecule has 0 bridgehead atoms. The number of hydrogen-bond acceptors (Lipinski definition) is 2. The van der Waals surface area contributed by atoms with E-state index in [0.29, 0.717) is 6.42 Å². The van der Waals surface area contributed by atoms with Gasteiger partial charge in [0.25, 0.3) is 0 Å². The Kier molecular flexibility index (Phi) is 4.35. The Morgan fingerprint density at radius 2 is 1.37 bits per heavy atom. The van der Waals surface area contributed by atoms with E-state index in [-0.39, 0.29) is 5.97 Å². The fourth-order valence-corrected chi connectivity index (χ4v) is 1.96. The van der Waals surface area contributed by atoms with Gasteiger partial charge >= 0.3 is 5.97 Å². The minimum atomic E-state index is -0.203. The van der Waals surface area contributed by atoms with Gasteiger partial charge in [-0.25, -0.2) is 0 Å². The van der Waals surface area contributed by atoms with Gasteiger partial charge in [0.1, 0.15) is 0 Å². The van der Waals surface area contributed by atoms with Crippen LogP contribution in [0.1, 0.15) is 22.3 Å². The monoisotopic (exact) mass is 254 g/mol. The van der Waals surface area contributed by atoms with Crippen LogP contribution in [0.5, 0.6) is 0 Å². The van der Waals surface area contributed by atoms with Crippen LogP contribution in [-0.4, -0.2) is 13.1 Å². The largest absolute Gasteiger partial charge is 0.469 e. The Morgan fingerprint density at radius 1 is 0.895 bits per heavy atom. The van der Waals surface area contributed by atoms with E-state index < -0.39 is 0 Å². The lowest BCUT2D eigenvalue weighted by molar-refractivity contribution is -0.139. The molecule has 0 spiro atoms. The molecular weight excluding hydrogens is 236 g/mol. The number of methoxy groups -OCH3 is 1. The molecule has 0 unspecified atom stereocenters. The summed E-state index contributed by atoms with van der Waals surface area (Å²) in [6.07, 6.45) is 1.25. The van der Waals surface area contributed by atoms with Gasteiger partial charge < -0.3 is 4.74 Å². The summed E-state index contributed by atoms with van der Waals surface area (Å²) < 4.78 is 4.65. The van der Waals surface area contributed by atoms with Gasteiger partial charge in [0.2, 0.25) is 0 Å². The summed E-state index contributed by atoms with van der Waals surface area (Å²) in [4.78, 5) is 11.2. The molecule has 0 N–H and O–H groups in total. The third-order valence-electron chi connectivity index (χ3n) is 3.13. The Bertz CT molecular complexity index is 538. The van der Waals surface area contributed by atoms with Crippen molar-refractivity contribution in [3.8, 4) is 0 Å². The summed E-state index contributed by atoms with van der Waals surface area (Å²) in [5, 5.41) is 0. The van der Waals surface area contributed by atoms with Gasteiger partial charge in [0, 0.05) is 0 Å². The minimum Gasteiger partial charge on any atom is -0.469 e. The average Bonchev–Trinajstić information content (AvgIpc) is 2.43. The first-order valence-electron chi connectivity index (χ1n) is 6.37. The molecule has 0 aromatic heterocycles. The molecule has 2 rings (SSSR count). The Morgan fingerprint density at radius 3 is 1.89 bits per heavy atom. The molecule has 2 nitrogen and oxygen atoms in total. The highest BCUT2D eigenvalue weighted by Crippen LogP contribution is 2.12. The van der Waals surface area contributed by atoms with Crippen LogP contribution in [0.2, 0.25) is 0 Å². The third-order valence-corrected chi connectivity index (χ3v) is 3.13. The van der Waals surface area contributed by atoms with E-state index in [9.17, 15) is 4.79 Å². The van der Waals surface area contributed by atoms with Crippen molar-refractivity contribution in [2.24, 2.45) is 0 Å². The summed E-state index contributed by atoms with van der Waals surface area (Å²) in [5.74, 6) is -0.203. The Hall–Kier alpha value is -2.09. The van der Waals surface area contributed by atoms with Crippen LogP contribution in [0.25, 0.3) is 0 Å². The predicted molar refractivity (Wildman–Crippen MR) is 76.1 cm³/mol. The van der Waals surface area contributed by atoms with Crippen LogP contribution in [0.15, 0.2) is 48.5 Å². The maximum absolute atomic E-state index is 11.2. The normalized spacial score (nSPS) is 10.2. The van der Waals surface area contributed by atoms with Gasteiger partial charge in [-0.15, -0.1) is 0 Å². The lowest BCUT2D eigenvalue weighted by atomic mass is 10.0. The van der Waals surface area contributed by atoms with Crippen LogP contribution < -0.4 is 0 Å². The molecule has 2 heteroatoms. The first-order chi connectivity index (χ1) is 9.17. The fraction of sp³-hybridized carbons (Fsp3) is 0.235. The van der Waals surface area contributed by atoms with Crippen LogP contribution >= 0.6 is 0 Å². The smallest absolute Gasteiger partial charge is 0.309 e. The highest BCUT2D eigenvalue weighted by Gasteiger charge is 2.03. The number of aryl methyl sites for hydroxylation is 1. The molecular formula is C17H18O2. The highest BCUT2D eigenvalue weighted by molar-refractivity contribution is 5.72. The minimum absolute atomic E-state index is 0.203. The molecule has 0 atom stereocenters. The van der Waals surface area contributed by atoms with E-state index in [0.717, 1.165) is 12.0 Å². The van der Waals surface area contributed by atoms with Crippen LogP contribution in [0, 0.1) is 6.92 Å². The second kappa shape index (κ2) is 6.19. The van der Waals surface area contributed by atoms with Crippen molar-refractivity contribution in [2.45, 2.75) is 19.8 Å². The van der Waals surface area contributed by atoms with E-state index in [1.165, 1.54) is 23.8 Å². The zero-order chi connectivity index (χ0) is 13.7. The van der Waals surface area contributed by atoms with Crippen molar-refractivity contribution in [3.63, 3.8) is 0 Å². The SMILES string of the molecule is COC(=O)Cc1ccc(Cc2ccc(C)cc2)cc1. The van der Waals surface area contributed by atoms with E-state index >= 15 is 0 Å². The summed E-state index contributed by atoms with van der Waals surface area (Å²) in [6.45, 7) is 2.09. The van der Waals surface area contributed by atoms with Crippen molar-refractivity contribution >= 4 is 5.97 Å². The van der Waals surface area contributed by atoms with E-state index in [2.05, 4.69) is 48.1 Å². The van der Waals surface area contributed by atoms with E-state index in [1.54, 1.807) is 0 Å². The first-order valence-corrected chi connectivity index (χ1v) is 6.37. The molecule has 98 valence electrons. The van der Waals surface area contributed by atoms with Gasteiger partial charge in [-0.1, -0.05) is 54.1 Å². The average molecular weight is 254 g/mol. The fourth-order valence-electron chi connectivity index (χ4n) is 1.96. The third kappa shape index (κ3) is 3.95. The van der Waals surface area contributed by atoms with Gasteiger partial charge in [-0.3, -0.25) is 4.79 Å². The van der Waals surface area contributed by atoms with E-state index in [1.807, 2.05) is 12.1 Å². The number of carbonyl (C=O) groups is 1. The standard InChI is InChI=1S/C17H18O2/c1-13-3-5-14(6-4-13)11-15-7-9-16(10-8-15)12-17(18)19-2/h3-10H,11-12H2,1-2H3. The second-order valence-electron chi connectivity index (χ2n) is 4.73. The Labute approximate surface area is 114 Å². The Balaban J connectivity index is 2.02. The number of ether oxygens (including phenoxy) is 1. The summed E-state index contributed by atoms with van der Waals surface area (Å²) in [6, 6.07) is 16.7. The second-order valence-corrected chi connectivity index (χ2v) is 4.73. The molecule has 0 saturated carbocycles. The molecule has 0 aliphatic rings. The molecule has 0 heterocycles. The van der Waals surface area contributed by atoms with Crippen molar-refractivity contribution < 1.29 is 9.53 Å². The molecule has 0 aliphatic heterocycles. The lowest BCUT2D eigenvalue weighted by Gasteiger charge is -2.04. The topological polar surface area (TPSA) is 26.3 Å². The maximum Gasteiger partial charge on any atom is 0.309 e. The van der Waals surface area contributed by atoms with Gasteiger partial charge in [-0.2, -0.15) is 0 Å². The van der Waals surface area contributed by atoms with E-state index in [4.69, 9.17) is 0 Å². The molecule has 2 aromatic carbocycles. The molecule has 0 radical (unpaired) electrons. The van der Waals surface area contributed by atoms with Gasteiger partial charge in [0.05, 0.1) is 13.5 Å². The van der Waals surface area contributed by atoms with Gasteiger partial charge in [-0.05, 0) is 30.0 Å². The lowest BCUT2D eigenvalue weighted by Crippen LogP contribution is -2.04.